The van der Waals surface area contributed by atoms with E-state index in [1.54, 1.807) is 5.57 Å². The van der Waals surface area contributed by atoms with E-state index < -0.39 is 5.60 Å². The summed E-state index contributed by atoms with van der Waals surface area (Å²) in [6, 6.07) is 30.2. The smallest absolute Gasteiger partial charge is 0.156 e. The molecule has 2 fully saturated rings. The van der Waals surface area contributed by atoms with Crippen molar-refractivity contribution in [2.75, 3.05) is 47.9 Å². The van der Waals surface area contributed by atoms with Crippen LogP contribution in [0.2, 0.25) is 0 Å². The molecule has 3 aromatic rings. The van der Waals surface area contributed by atoms with Crippen molar-refractivity contribution in [3.05, 3.63) is 124 Å². The molecule has 0 unspecified atom stereocenters. The molecule has 5 atom stereocenters. The van der Waals surface area contributed by atoms with Gasteiger partial charge in [-0.1, -0.05) is 86.6 Å². The normalized spacial score (nSPS) is 26.4. The van der Waals surface area contributed by atoms with Crippen LogP contribution < -0.4 is 4.74 Å². The number of carbonyl (C=O) groups excluding carboxylic acids is 1. The summed E-state index contributed by atoms with van der Waals surface area (Å²) in [6.45, 7) is 6.30. The van der Waals surface area contributed by atoms with Gasteiger partial charge in [-0.3, -0.25) is 4.79 Å². The molecule has 6 nitrogen and oxygen atoms in total. The molecule has 0 saturated heterocycles. The fourth-order valence-corrected chi connectivity index (χ4v) is 10.3. The minimum Gasteiger partial charge on any atom is -0.492 e. The highest BCUT2D eigenvalue weighted by Crippen LogP contribution is 2.65. The van der Waals surface area contributed by atoms with Crippen LogP contribution in [0, 0.1) is 17.3 Å². The highest BCUT2D eigenvalue weighted by Gasteiger charge is 2.62. The molecule has 294 valence electrons. The van der Waals surface area contributed by atoms with Gasteiger partial charge in [0.1, 0.15) is 12.4 Å². The third-order valence-corrected chi connectivity index (χ3v) is 13.2. The molecule has 3 aromatic carbocycles. The maximum atomic E-state index is 11.9. The highest BCUT2D eigenvalue weighted by atomic mass is 16.5. The van der Waals surface area contributed by atoms with Gasteiger partial charge in [-0.05, 0) is 161 Å². The lowest BCUT2D eigenvalue weighted by Crippen LogP contribution is -2.56. The van der Waals surface area contributed by atoms with Gasteiger partial charge < -0.3 is 24.7 Å². The Kier molecular flexibility index (Phi) is 13.3. The first-order valence-electron chi connectivity index (χ1n) is 20.7. The summed E-state index contributed by atoms with van der Waals surface area (Å²) in [5.41, 5.74) is 9.95. The second kappa shape index (κ2) is 18.0. The molecule has 4 aliphatic carbocycles. The molecule has 4 aliphatic rings. The molecule has 0 amide bonds. The van der Waals surface area contributed by atoms with Crippen LogP contribution in [-0.4, -0.2) is 85.4 Å². The van der Waals surface area contributed by atoms with Crippen LogP contribution in [0.25, 0.3) is 11.1 Å². The third-order valence-electron chi connectivity index (χ3n) is 13.2. The van der Waals surface area contributed by atoms with Crippen LogP contribution in [0.1, 0.15) is 94.7 Å². The molecular weight excluding hydrogens is 681 g/mol. The van der Waals surface area contributed by atoms with Crippen LogP contribution in [0.3, 0.4) is 0 Å². The lowest BCUT2D eigenvalue weighted by molar-refractivity contribution is -0.115. The Balaban J connectivity index is 0.000000187. The minimum absolute atomic E-state index is 0.0997. The number of allylic oxidation sites excluding steroid dienone is 4. The molecule has 55 heavy (non-hydrogen) atoms. The van der Waals surface area contributed by atoms with Crippen molar-refractivity contribution in [1.82, 2.24) is 9.80 Å². The van der Waals surface area contributed by atoms with Crippen molar-refractivity contribution in [3.8, 4) is 5.75 Å². The maximum absolute atomic E-state index is 11.9. The molecule has 0 aliphatic heterocycles. The van der Waals surface area contributed by atoms with Crippen LogP contribution >= 0.6 is 0 Å². The van der Waals surface area contributed by atoms with Crippen molar-refractivity contribution in [1.29, 1.82) is 0 Å². The Labute approximate surface area is 330 Å². The van der Waals surface area contributed by atoms with Crippen LogP contribution in [0.5, 0.6) is 5.75 Å². The average Bonchev–Trinajstić information content (AvgIpc) is 3.46. The Bertz CT molecular complexity index is 1840. The van der Waals surface area contributed by atoms with E-state index in [-0.39, 0.29) is 17.8 Å². The largest absolute Gasteiger partial charge is 0.492 e. The van der Waals surface area contributed by atoms with Gasteiger partial charge in [0.25, 0.3) is 0 Å². The lowest BCUT2D eigenvalue weighted by atomic mass is 9.53. The zero-order valence-corrected chi connectivity index (χ0v) is 34.2. The van der Waals surface area contributed by atoms with Gasteiger partial charge >= 0.3 is 0 Å². The van der Waals surface area contributed by atoms with Gasteiger partial charge in [0.05, 0.1) is 5.60 Å². The van der Waals surface area contributed by atoms with Crippen molar-refractivity contribution < 1.29 is 19.7 Å². The zero-order valence-electron chi connectivity index (χ0n) is 34.2. The van der Waals surface area contributed by atoms with Crippen LogP contribution in [0.15, 0.2) is 108 Å². The van der Waals surface area contributed by atoms with Gasteiger partial charge in [-0.2, -0.15) is 0 Å². The molecule has 0 spiro atoms. The number of nitrogens with zero attached hydrogens (tertiary/aromatic N) is 2. The number of carbonyl (C=O) groups is 1. The van der Waals surface area contributed by atoms with Crippen molar-refractivity contribution in [2.45, 2.75) is 89.7 Å². The number of rotatable bonds is 12. The number of fused-ring (bicyclic) bond motifs is 4. The molecule has 2 N–H and O–H groups in total. The SMILES string of the molecule is CC/C(=C(\c1ccccc1)c1ccc(OCCN(C)C)cc1)c1ccccc1.CN(C)[C@H]1C[C@]2(C)[C@@H](CC[C@]2(O)CCCO)[C@@H]2CCC3=CC(=O)CCC3=C21. The van der Waals surface area contributed by atoms with Gasteiger partial charge in [0.2, 0.25) is 0 Å². The number of hydrogen-bond acceptors (Lipinski definition) is 6. The summed E-state index contributed by atoms with van der Waals surface area (Å²) < 4.78 is 5.87. The number of aliphatic hydroxyl groups excluding tert-OH is 1. The van der Waals surface area contributed by atoms with Crippen LogP contribution in [-0.2, 0) is 4.79 Å². The summed E-state index contributed by atoms with van der Waals surface area (Å²) in [5.74, 6) is 2.24. The second-order valence-electron chi connectivity index (χ2n) is 16.9. The van der Waals surface area contributed by atoms with E-state index >= 15 is 0 Å². The summed E-state index contributed by atoms with van der Waals surface area (Å²) in [5, 5.41) is 21.0. The topological polar surface area (TPSA) is 73.2 Å². The zero-order chi connectivity index (χ0) is 39.2. The van der Waals surface area contributed by atoms with E-state index in [9.17, 15) is 15.0 Å². The molecular formula is C49H64N2O4. The van der Waals surface area contributed by atoms with Crippen LogP contribution in [0.4, 0.5) is 0 Å². The summed E-state index contributed by atoms with van der Waals surface area (Å²) >= 11 is 0. The molecule has 0 bridgehead atoms. The quantitative estimate of drug-likeness (QED) is 0.180. The maximum Gasteiger partial charge on any atom is 0.156 e. The highest BCUT2D eigenvalue weighted by molar-refractivity contribution is 5.98. The number of likely N-dealkylation sites (N-methyl/N-ethyl adjacent to an activating group) is 2. The van der Waals surface area contributed by atoms with Gasteiger partial charge in [0.15, 0.2) is 5.78 Å². The minimum atomic E-state index is -0.663. The molecule has 2 saturated carbocycles. The first-order valence-corrected chi connectivity index (χ1v) is 20.7. The Morgan fingerprint density at radius 3 is 2.13 bits per heavy atom. The Hall–Kier alpha value is -3.81. The number of hydrogen-bond donors (Lipinski definition) is 2. The number of ether oxygens (including phenoxy) is 1. The van der Waals surface area contributed by atoms with E-state index in [1.807, 2.05) is 6.08 Å². The summed E-state index contributed by atoms with van der Waals surface area (Å²) in [7, 11) is 8.43. The number of aliphatic hydroxyl groups is 2. The Morgan fingerprint density at radius 2 is 1.51 bits per heavy atom. The van der Waals surface area contributed by atoms with Crippen molar-refractivity contribution in [2.24, 2.45) is 17.3 Å². The predicted molar refractivity (Wildman–Crippen MR) is 226 cm³/mol. The Morgan fingerprint density at radius 1 is 0.855 bits per heavy atom. The number of ketones is 1. The standard InChI is InChI=1S/C26H29NO.C23H35NO3/c1-4-25(21-11-7-5-8-12-21)26(22-13-9-6-10-14-22)23-15-17-24(18-16-23)28-20-19-27(2)3;1-22-14-20(24(2)3)21-17-8-6-16(26)13-15(17)5-7-18(21)19(22)9-11-23(22,27)10-4-12-25/h5-18H,4,19-20H2,1-3H3;13,18-20,25,27H,4-12,14H2,1-3H3/b26-25-;/t;18-,19-,20-,22+,23+/m.0/s1. The van der Waals surface area contributed by atoms with E-state index in [4.69, 9.17) is 4.74 Å². The van der Waals surface area contributed by atoms with E-state index in [1.165, 1.54) is 39.0 Å². The number of benzene rings is 3. The first kappa shape index (κ1) is 40.8. The average molecular weight is 745 g/mol. The predicted octanol–water partition coefficient (Wildman–Crippen LogP) is 9.23. The monoisotopic (exact) mass is 744 g/mol. The molecule has 0 radical (unpaired) electrons. The van der Waals surface area contributed by atoms with Gasteiger partial charge in [-0.25, -0.2) is 0 Å². The fraction of sp³-hybridized carbons (Fsp3) is 0.490. The van der Waals surface area contributed by atoms with Gasteiger partial charge in [-0.15, -0.1) is 0 Å². The fourth-order valence-electron chi connectivity index (χ4n) is 10.3. The van der Waals surface area contributed by atoms with E-state index in [0.29, 0.717) is 43.7 Å². The van der Waals surface area contributed by atoms with Gasteiger partial charge in [0, 0.05) is 31.0 Å². The molecule has 0 aromatic heterocycles. The lowest BCUT2D eigenvalue weighted by Gasteiger charge is -2.56. The van der Waals surface area contributed by atoms with Crippen molar-refractivity contribution in [3.63, 3.8) is 0 Å². The van der Waals surface area contributed by atoms with Crippen molar-refractivity contribution >= 4 is 16.9 Å². The summed E-state index contributed by atoms with van der Waals surface area (Å²) in [6.07, 6.45) is 10.8. The third kappa shape index (κ3) is 8.78. The van der Waals surface area contributed by atoms with E-state index in [2.05, 4.69) is 137 Å². The molecule has 0 heterocycles. The van der Waals surface area contributed by atoms with E-state index in [0.717, 1.165) is 57.2 Å². The summed E-state index contributed by atoms with van der Waals surface area (Å²) in [4.78, 5) is 16.4. The molecule has 7 rings (SSSR count). The molecule has 6 heteroatoms. The second-order valence-corrected chi connectivity index (χ2v) is 16.9. The first-order chi connectivity index (χ1) is 26.5.